The van der Waals surface area contributed by atoms with E-state index in [0.29, 0.717) is 23.8 Å². The van der Waals surface area contributed by atoms with E-state index in [0.717, 1.165) is 25.3 Å². The predicted octanol–water partition coefficient (Wildman–Crippen LogP) is 5.47. The van der Waals surface area contributed by atoms with Crippen LogP contribution in [0.1, 0.15) is 52.0 Å². The van der Waals surface area contributed by atoms with Crippen molar-refractivity contribution < 1.29 is 24.5 Å². The molecule has 0 saturated carbocycles. The van der Waals surface area contributed by atoms with Gasteiger partial charge in [-0.05, 0) is 24.7 Å². The van der Waals surface area contributed by atoms with Crippen molar-refractivity contribution in [1.29, 1.82) is 0 Å². The molecule has 0 aliphatic heterocycles. The van der Waals surface area contributed by atoms with Crippen LogP contribution in [-0.2, 0) is 6.42 Å². The largest absolute Gasteiger partial charge is 0.508 e. The molecule has 1 unspecified atom stereocenters. The molecule has 0 aliphatic rings. The number of phenolic OH excluding ortho intramolecular Hbond substituents is 3. The van der Waals surface area contributed by atoms with Crippen molar-refractivity contribution in [2.24, 2.45) is 11.8 Å². The topological polar surface area (TPSA) is 100 Å². The molecule has 6 heteroatoms. The second kappa shape index (κ2) is 8.86. The molecule has 1 heterocycles. The lowest BCUT2D eigenvalue weighted by Gasteiger charge is -2.16. The van der Waals surface area contributed by atoms with E-state index >= 15 is 0 Å². The van der Waals surface area contributed by atoms with Crippen LogP contribution in [0.3, 0.4) is 0 Å². The standard InChI is InChI=1S/C24H30O6/c1-13(2)6-5-7-14(3)8-9-16-21-20(12-18(27)24(16)29-4)30-19-11-15(25)10-17(26)22(19)23(21)28/h10-14,25-27H,5-9H2,1-4H3. The monoisotopic (exact) mass is 414 g/mol. The molecular formula is C24H30O6. The zero-order valence-corrected chi connectivity index (χ0v) is 18.0. The van der Waals surface area contributed by atoms with Crippen molar-refractivity contribution >= 4 is 21.9 Å². The van der Waals surface area contributed by atoms with Gasteiger partial charge in [0.2, 0.25) is 5.43 Å². The van der Waals surface area contributed by atoms with Crippen molar-refractivity contribution in [3.8, 4) is 23.0 Å². The van der Waals surface area contributed by atoms with E-state index in [1.165, 1.54) is 25.7 Å². The van der Waals surface area contributed by atoms with Crippen LogP contribution in [0.5, 0.6) is 23.0 Å². The summed E-state index contributed by atoms with van der Waals surface area (Å²) < 4.78 is 11.2. The summed E-state index contributed by atoms with van der Waals surface area (Å²) >= 11 is 0. The van der Waals surface area contributed by atoms with Gasteiger partial charge in [0.1, 0.15) is 28.1 Å². The number of hydrogen-bond donors (Lipinski definition) is 3. The van der Waals surface area contributed by atoms with E-state index in [2.05, 4.69) is 20.8 Å². The third-order valence-electron chi connectivity index (χ3n) is 5.63. The van der Waals surface area contributed by atoms with Crippen molar-refractivity contribution in [2.45, 2.75) is 52.9 Å². The summed E-state index contributed by atoms with van der Waals surface area (Å²) in [7, 11) is 1.45. The van der Waals surface area contributed by atoms with Gasteiger partial charge in [-0.3, -0.25) is 4.79 Å². The Labute approximate surface area is 175 Å². The minimum absolute atomic E-state index is 0.000672. The van der Waals surface area contributed by atoms with Crippen molar-refractivity contribution in [3.05, 3.63) is 34.0 Å². The van der Waals surface area contributed by atoms with Gasteiger partial charge in [0.25, 0.3) is 0 Å². The average molecular weight is 414 g/mol. The number of fused-ring (bicyclic) bond motifs is 2. The summed E-state index contributed by atoms with van der Waals surface area (Å²) in [6.45, 7) is 6.62. The molecule has 30 heavy (non-hydrogen) atoms. The van der Waals surface area contributed by atoms with E-state index < -0.39 is 5.43 Å². The molecule has 0 spiro atoms. The molecule has 3 rings (SSSR count). The molecule has 0 saturated heterocycles. The van der Waals surface area contributed by atoms with Crippen molar-refractivity contribution in [3.63, 3.8) is 0 Å². The minimum Gasteiger partial charge on any atom is -0.508 e. The first-order valence-corrected chi connectivity index (χ1v) is 10.4. The first-order valence-electron chi connectivity index (χ1n) is 10.4. The Kier molecular flexibility index (Phi) is 6.44. The Hall–Kier alpha value is -2.89. The third kappa shape index (κ3) is 4.32. The molecule has 3 aromatic rings. The van der Waals surface area contributed by atoms with Gasteiger partial charge >= 0.3 is 0 Å². The molecule has 1 aromatic heterocycles. The fourth-order valence-electron chi connectivity index (χ4n) is 4.02. The highest BCUT2D eigenvalue weighted by Crippen LogP contribution is 2.39. The van der Waals surface area contributed by atoms with Gasteiger partial charge in [-0.15, -0.1) is 0 Å². The second-order valence-corrected chi connectivity index (χ2v) is 8.52. The molecule has 0 bridgehead atoms. The molecule has 2 aromatic carbocycles. The van der Waals surface area contributed by atoms with E-state index in [-0.39, 0.29) is 44.9 Å². The zero-order chi connectivity index (χ0) is 22.0. The number of rotatable bonds is 8. The summed E-state index contributed by atoms with van der Waals surface area (Å²) in [5.41, 5.74) is 0.414. The minimum atomic E-state index is -0.412. The molecule has 0 fully saturated rings. The summed E-state index contributed by atoms with van der Waals surface area (Å²) in [4.78, 5) is 13.3. The highest BCUT2D eigenvalue weighted by molar-refractivity contribution is 5.96. The molecule has 162 valence electrons. The van der Waals surface area contributed by atoms with Crippen molar-refractivity contribution in [2.75, 3.05) is 7.11 Å². The van der Waals surface area contributed by atoms with Crippen LogP contribution in [0, 0.1) is 11.8 Å². The van der Waals surface area contributed by atoms with Crippen molar-refractivity contribution in [1.82, 2.24) is 0 Å². The number of aryl methyl sites for hydroxylation is 1. The third-order valence-corrected chi connectivity index (χ3v) is 5.63. The van der Waals surface area contributed by atoms with Crippen LogP contribution in [-0.4, -0.2) is 22.4 Å². The molecule has 0 amide bonds. The smallest absolute Gasteiger partial charge is 0.204 e. The summed E-state index contributed by atoms with van der Waals surface area (Å²) in [5.74, 6) is 0.707. The van der Waals surface area contributed by atoms with Crippen LogP contribution in [0.2, 0.25) is 0 Å². The predicted molar refractivity (Wildman–Crippen MR) is 118 cm³/mol. The fourth-order valence-corrected chi connectivity index (χ4v) is 4.02. The van der Waals surface area contributed by atoms with Gasteiger partial charge in [-0.25, -0.2) is 0 Å². The summed E-state index contributed by atoms with van der Waals surface area (Å²) in [5, 5.41) is 30.7. The first-order chi connectivity index (χ1) is 14.2. The maximum absolute atomic E-state index is 13.3. The van der Waals surface area contributed by atoms with Crippen LogP contribution in [0.15, 0.2) is 27.4 Å². The Bertz CT molecular complexity index is 1110. The lowest BCUT2D eigenvalue weighted by molar-refractivity contribution is 0.367. The van der Waals surface area contributed by atoms with E-state index in [1.54, 1.807) is 0 Å². The van der Waals surface area contributed by atoms with Crippen LogP contribution in [0.25, 0.3) is 21.9 Å². The van der Waals surface area contributed by atoms with Crippen LogP contribution < -0.4 is 10.2 Å². The van der Waals surface area contributed by atoms with Gasteiger partial charge < -0.3 is 24.5 Å². The molecule has 6 nitrogen and oxygen atoms in total. The lowest BCUT2D eigenvalue weighted by Crippen LogP contribution is -2.09. The number of methoxy groups -OCH3 is 1. The average Bonchev–Trinajstić information content (AvgIpc) is 2.64. The van der Waals surface area contributed by atoms with Crippen LogP contribution >= 0.6 is 0 Å². The number of benzene rings is 2. The number of ether oxygens (including phenoxy) is 1. The van der Waals surface area contributed by atoms with Gasteiger partial charge in [-0.1, -0.05) is 40.0 Å². The second-order valence-electron chi connectivity index (χ2n) is 8.52. The summed E-state index contributed by atoms with van der Waals surface area (Å²) in [6, 6.07) is 3.72. The molecule has 0 aliphatic carbocycles. The number of hydrogen-bond acceptors (Lipinski definition) is 6. The van der Waals surface area contributed by atoms with E-state index in [4.69, 9.17) is 9.15 Å². The molecule has 0 radical (unpaired) electrons. The fraction of sp³-hybridized carbons (Fsp3) is 0.458. The Balaban J connectivity index is 2.07. The quantitative estimate of drug-likeness (QED) is 0.423. The number of aromatic hydroxyl groups is 3. The SMILES string of the molecule is COc1c(O)cc2oc3cc(O)cc(O)c3c(=O)c2c1CCC(C)CCCC(C)C. The summed E-state index contributed by atoms with van der Waals surface area (Å²) in [6.07, 6.45) is 4.79. The first kappa shape index (κ1) is 21.8. The van der Waals surface area contributed by atoms with Gasteiger partial charge in [0.15, 0.2) is 11.5 Å². The van der Waals surface area contributed by atoms with Gasteiger partial charge in [0.05, 0.1) is 12.5 Å². The molecular weight excluding hydrogens is 384 g/mol. The Morgan fingerprint density at radius 1 is 0.933 bits per heavy atom. The van der Waals surface area contributed by atoms with Gasteiger partial charge in [0, 0.05) is 23.8 Å². The highest BCUT2D eigenvalue weighted by atomic mass is 16.5. The number of phenols is 3. The Morgan fingerprint density at radius 3 is 2.30 bits per heavy atom. The molecule has 3 N–H and O–H groups in total. The van der Waals surface area contributed by atoms with Crippen LogP contribution in [0.4, 0.5) is 0 Å². The molecule has 1 atom stereocenters. The maximum atomic E-state index is 13.3. The Morgan fingerprint density at radius 2 is 1.63 bits per heavy atom. The zero-order valence-electron chi connectivity index (χ0n) is 18.0. The van der Waals surface area contributed by atoms with E-state index in [9.17, 15) is 20.1 Å². The highest BCUT2D eigenvalue weighted by Gasteiger charge is 2.22. The van der Waals surface area contributed by atoms with Gasteiger partial charge in [-0.2, -0.15) is 0 Å². The van der Waals surface area contributed by atoms with E-state index in [1.807, 2.05) is 0 Å². The normalized spacial score (nSPS) is 12.7. The lowest BCUT2D eigenvalue weighted by atomic mass is 9.92. The maximum Gasteiger partial charge on any atom is 0.204 e.